The quantitative estimate of drug-likeness (QED) is 0.343. The van der Waals surface area contributed by atoms with Gasteiger partial charge in [0.25, 0.3) is 0 Å². The van der Waals surface area contributed by atoms with E-state index in [1.165, 1.54) is 0 Å². The van der Waals surface area contributed by atoms with Gasteiger partial charge in [-0.3, -0.25) is 4.79 Å². The Balaban J connectivity index is 5.44. The van der Waals surface area contributed by atoms with E-state index < -0.39 is 16.4 Å². The zero-order valence-corrected chi connectivity index (χ0v) is 18.3. The number of hydrogen-bond acceptors (Lipinski definition) is 2. The first kappa shape index (κ1) is 21.5. The predicted octanol–water partition coefficient (Wildman–Crippen LogP) is 5.59. The molecular formula is C18H36O2Si2. The largest absolute Gasteiger partial charge is 0.410 e. The van der Waals surface area contributed by atoms with Crippen LogP contribution in [0, 0.1) is 5.92 Å². The number of rotatable bonds is 7. The summed E-state index contributed by atoms with van der Waals surface area (Å²) in [6, 6.07) is 0. The summed E-state index contributed by atoms with van der Waals surface area (Å²) in [5.41, 5.74) is 3.13. The third-order valence-electron chi connectivity index (χ3n) is 4.25. The Morgan fingerprint density at radius 2 is 1.59 bits per heavy atom. The van der Waals surface area contributed by atoms with Crippen molar-refractivity contribution in [1.29, 1.82) is 0 Å². The summed E-state index contributed by atoms with van der Waals surface area (Å²) < 4.78 is 6.62. The summed E-state index contributed by atoms with van der Waals surface area (Å²) in [4.78, 5) is 10.9. The first-order chi connectivity index (χ1) is 9.69. The highest BCUT2D eigenvalue weighted by atomic mass is 28.4. The molecule has 0 fully saturated rings. The van der Waals surface area contributed by atoms with Crippen LogP contribution in [0.2, 0.25) is 37.8 Å². The summed E-state index contributed by atoms with van der Waals surface area (Å²) in [6.45, 7) is 22.3. The molecule has 0 saturated carbocycles. The van der Waals surface area contributed by atoms with Crippen molar-refractivity contribution in [2.75, 3.05) is 0 Å². The Kier molecular flexibility index (Phi) is 7.72. The van der Waals surface area contributed by atoms with Gasteiger partial charge in [0.1, 0.15) is 6.29 Å². The molecule has 4 heteroatoms. The van der Waals surface area contributed by atoms with E-state index in [1.54, 1.807) is 0 Å². The molecular weight excluding hydrogens is 304 g/mol. The Hall–Kier alpha value is -0.456. The molecule has 0 radical (unpaired) electrons. The molecule has 0 aromatic carbocycles. The fourth-order valence-corrected chi connectivity index (χ4v) is 3.87. The van der Waals surface area contributed by atoms with Gasteiger partial charge in [-0.25, -0.2) is 0 Å². The molecule has 2 nitrogen and oxygen atoms in total. The zero-order valence-electron chi connectivity index (χ0n) is 16.3. The third-order valence-corrected chi connectivity index (χ3v) is 9.92. The highest BCUT2D eigenvalue weighted by Crippen LogP contribution is 2.38. The summed E-state index contributed by atoms with van der Waals surface area (Å²) in [6.07, 6.45) is 5.23. The van der Waals surface area contributed by atoms with Crippen molar-refractivity contribution in [3.63, 3.8) is 0 Å². The van der Waals surface area contributed by atoms with Gasteiger partial charge in [-0.2, -0.15) is 0 Å². The van der Waals surface area contributed by atoms with Crippen LogP contribution in [0.1, 0.15) is 34.6 Å². The van der Waals surface area contributed by atoms with Gasteiger partial charge >= 0.3 is 0 Å². The SMILES string of the molecule is C/C(C=O)=C\[C@@H](C)[C@@H](/C=C/[Si](C)(C)C)O[Si](C)(C)C(C)(C)C. The third kappa shape index (κ3) is 7.70. The molecule has 0 aliphatic heterocycles. The molecule has 0 rings (SSSR count). The van der Waals surface area contributed by atoms with Crippen molar-refractivity contribution >= 4 is 22.7 Å². The molecule has 0 saturated heterocycles. The summed E-state index contributed by atoms with van der Waals surface area (Å²) in [5.74, 6) is 0.201. The minimum atomic E-state index is -1.84. The fourth-order valence-electron chi connectivity index (χ4n) is 1.77. The second kappa shape index (κ2) is 7.89. The lowest BCUT2D eigenvalue weighted by Crippen LogP contribution is -2.45. The molecule has 0 spiro atoms. The van der Waals surface area contributed by atoms with Crippen molar-refractivity contribution in [2.24, 2.45) is 5.92 Å². The lowest BCUT2D eigenvalue weighted by molar-refractivity contribution is -0.104. The van der Waals surface area contributed by atoms with E-state index >= 15 is 0 Å². The van der Waals surface area contributed by atoms with Crippen molar-refractivity contribution in [2.45, 2.75) is 78.5 Å². The molecule has 0 amide bonds. The van der Waals surface area contributed by atoms with Crippen molar-refractivity contribution < 1.29 is 9.22 Å². The van der Waals surface area contributed by atoms with Crippen LogP contribution in [0.15, 0.2) is 23.4 Å². The number of carbonyl (C=O) groups excluding carboxylic acids is 1. The Bertz CT molecular complexity index is 423. The topological polar surface area (TPSA) is 26.3 Å². The Labute approximate surface area is 140 Å². The Morgan fingerprint density at radius 3 is 1.95 bits per heavy atom. The number of hydrogen-bond donors (Lipinski definition) is 0. The van der Waals surface area contributed by atoms with Gasteiger partial charge in [0.05, 0.1) is 14.2 Å². The summed E-state index contributed by atoms with van der Waals surface area (Å²) >= 11 is 0. The predicted molar refractivity (Wildman–Crippen MR) is 104 cm³/mol. The zero-order chi connectivity index (χ0) is 17.8. The lowest BCUT2D eigenvalue weighted by Gasteiger charge is -2.40. The normalized spacial score (nSPS) is 17.6. The number of carbonyl (C=O) groups is 1. The maximum atomic E-state index is 10.9. The average molecular weight is 341 g/mol. The summed E-state index contributed by atoms with van der Waals surface area (Å²) in [7, 11) is -3.11. The van der Waals surface area contributed by atoms with Crippen LogP contribution < -0.4 is 0 Å². The molecule has 0 aromatic rings. The van der Waals surface area contributed by atoms with E-state index in [9.17, 15) is 4.79 Å². The molecule has 0 aliphatic carbocycles. The van der Waals surface area contributed by atoms with Gasteiger partial charge in [0.2, 0.25) is 0 Å². The number of aldehydes is 1. The van der Waals surface area contributed by atoms with Crippen LogP contribution >= 0.6 is 0 Å². The molecule has 0 aromatic heterocycles. The van der Waals surface area contributed by atoms with Crippen LogP contribution in [0.5, 0.6) is 0 Å². The Morgan fingerprint density at radius 1 is 1.09 bits per heavy atom. The smallest absolute Gasteiger partial charge is 0.192 e. The van der Waals surface area contributed by atoms with E-state index in [-0.39, 0.29) is 17.1 Å². The van der Waals surface area contributed by atoms with Crippen LogP contribution in [0.25, 0.3) is 0 Å². The second-order valence-corrected chi connectivity index (χ2v) is 18.8. The molecule has 0 unspecified atom stereocenters. The van der Waals surface area contributed by atoms with Crippen LogP contribution in [0.4, 0.5) is 0 Å². The van der Waals surface area contributed by atoms with Crippen LogP contribution in [-0.4, -0.2) is 28.8 Å². The van der Waals surface area contributed by atoms with E-state index in [2.05, 4.69) is 72.2 Å². The maximum Gasteiger partial charge on any atom is 0.192 e. The first-order valence-electron chi connectivity index (χ1n) is 8.20. The van der Waals surface area contributed by atoms with Gasteiger partial charge in [-0.1, -0.05) is 65.2 Å². The minimum absolute atomic E-state index is 0.0440. The number of allylic oxidation sites excluding steroid dienone is 1. The molecule has 128 valence electrons. The minimum Gasteiger partial charge on any atom is -0.410 e. The molecule has 0 heterocycles. The van der Waals surface area contributed by atoms with E-state index in [4.69, 9.17) is 4.43 Å². The first-order valence-corrected chi connectivity index (χ1v) is 14.7. The van der Waals surface area contributed by atoms with Gasteiger partial charge in [-0.15, -0.1) is 0 Å². The average Bonchev–Trinajstić information content (AvgIpc) is 2.31. The highest BCUT2D eigenvalue weighted by Gasteiger charge is 2.39. The molecule has 0 bridgehead atoms. The van der Waals surface area contributed by atoms with Crippen molar-refractivity contribution in [1.82, 2.24) is 0 Å². The van der Waals surface area contributed by atoms with E-state index in [0.717, 1.165) is 11.9 Å². The van der Waals surface area contributed by atoms with Gasteiger partial charge in [0, 0.05) is 5.92 Å². The highest BCUT2D eigenvalue weighted by molar-refractivity contribution is 6.81. The molecule has 22 heavy (non-hydrogen) atoms. The van der Waals surface area contributed by atoms with E-state index in [1.807, 2.05) is 13.0 Å². The van der Waals surface area contributed by atoms with Gasteiger partial charge in [-0.05, 0) is 30.6 Å². The maximum absolute atomic E-state index is 10.9. The van der Waals surface area contributed by atoms with Crippen molar-refractivity contribution in [3.8, 4) is 0 Å². The van der Waals surface area contributed by atoms with Crippen LogP contribution in [0.3, 0.4) is 0 Å². The van der Waals surface area contributed by atoms with Crippen molar-refractivity contribution in [3.05, 3.63) is 23.4 Å². The molecule has 0 N–H and O–H groups in total. The van der Waals surface area contributed by atoms with E-state index in [0.29, 0.717) is 0 Å². The molecule has 2 atom stereocenters. The fraction of sp³-hybridized carbons (Fsp3) is 0.722. The van der Waals surface area contributed by atoms with Crippen LogP contribution in [-0.2, 0) is 9.22 Å². The van der Waals surface area contributed by atoms with Gasteiger partial charge in [0.15, 0.2) is 8.32 Å². The summed E-state index contributed by atoms with van der Waals surface area (Å²) in [5, 5.41) is 0.182. The lowest BCUT2D eigenvalue weighted by atomic mass is 10.0. The standard InChI is InChI=1S/C18H36O2Si2/c1-15(14-19)13-16(2)17(11-12-21(6,7)8)20-22(9,10)18(3,4)5/h11-14,16-17H,1-10H3/b12-11+,15-13+/t16-,17-/m1/s1. The van der Waals surface area contributed by atoms with Gasteiger partial charge < -0.3 is 4.43 Å². The molecule has 0 aliphatic rings. The second-order valence-electron chi connectivity index (χ2n) is 8.96. The monoisotopic (exact) mass is 340 g/mol.